The Kier molecular flexibility index (Phi) is 5.37. The first-order valence-electron chi connectivity index (χ1n) is 7.52. The van der Waals surface area contributed by atoms with E-state index in [9.17, 15) is 4.79 Å². The van der Waals surface area contributed by atoms with Gasteiger partial charge in [-0.05, 0) is 54.8 Å². The number of benzene rings is 2. The molecule has 118 valence electrons. The molecule has 0 fully saturated rings. The number of nitrogens with zero attached hydrogens (tertiary/aromatic N) is 2. The third kappa shape index (κ3) is 4.86. The van der Waals surface area contributed by atoms with Gasteiger partial charge in [0.25, 0.3) is 0 Å². The minimum atomic E-state index is -0.815. The molecule has 0 radical (unpaired) electrons. The average molecular weight is 308 g/mol. The Morgan fingerprint density at radius 2 is 1.87 bits per heavy atom. The molecule has 1 N–H and O–H groups in total. The Bertz CT molecular complexity index is 727. The molecule has 0 aliphatic carbocycles. The Morgan fingerprint density at radius 3 is 2.48 bits per heavy atom. The van der Waals surface area contributed by atoms with Crippen molar-refractivity contribution in [1.29, 1.82) is 5.26 Å². The largest absolute Gasteiger partial charge is 0.481 e. The van der Waals surface area contributed by atoms with Crippen molar-refractivity contribution in [2.45, 2.75) is 26.8 Å². The average Bonchev–Trinajstić information content (AvgIpc) is 2.50. The van der Waals surface area contributed by atoms with E-state index in [1.54, 1.807) is 6.07 Å². The van der Waals surface area contributed by atoms with Crippen LogP contribution in [0.3, 0.4) is 0 Å². The molecule has 0 bridgehead atoms. The summed E-state index contributed by atoms with van der Waals surface area (Å²) in [7, 11) is 0. The van der Waals surface area contributed by atoms with E-state index in [0.29, 0.717) is 18.7 Å². The van der Waals surface area contributed by atoms with Gasteiger partial charge in [0.05, 0.1) is 18.1 Å². The standard InChI is InChI=1S/C19H20N2O2/c1-14-8-15(2)10-18(9-14)21(7-6-19(22)23)13-17-5-3-4-16(11-17)12-20/h3-5,8-11H,6-7,13H2,1-2H3,(H,22,23). The molecule has 0 heterocycles. The topological polar surface area (TPSA) is 64.3 Å². The summed E-state index contributed by atoms with van der Waals surface area (Å²) in [6, 6.07) is 15.8. The molecule has 2 aromatic rings. The summed E-state index contributed by atoms with van der Waals surface area (Å²) in [6.07, 6.45) is 0.0743. The van der Waals surface area contributed by atoms with E-state index in [4.69, 9.17) is 10.4 Å². The van der Waals surface area contributed by atoms with Gasteiger partial charge in [0.2, 0.25) is 0 Å². The lowest BCUT2D eigenvalue weighted by molar-refractivity contribution is -0.136. The zero-order valence-electron chi connectivity index (χ0n) is 13.4. The van der Waals surface area contributed by atoms with Gasteiger partial charge >= 0.3 is 5.97 Å². The molecule has 23 heavy (non-hydrogen) atoms. The SMILES string of the molecule is Cc1cc(C)cc(N(CCC(=O)O)Cc2cccc(C#N)c2)c1. The third-order valence-electron chi connectivity index (χ3n) is 3.60. The number of rotatable bonds is 6. The van der Waals surface area contributed by atoms with Crippen LogP contribution < -0.4 is 4.90 Å². The molecule has 0 spiro atoms. The van der Waals surface area contributed by atoms with Crippen LogP contribution in [0.4, 0.5) is 5.69 Å². The van der Waals surface area contributed by atoms with E-state index >= 15 is 0 Å². The maximum atomic E-state index is 11.0. The van der Waals surface area contributed by atoms with Gasteiger partial charge in [0.1, 0.15) is 0 Å². The second-order valence-corrected chi connectivity index (χ2v) is 5.72. The van der Waals surface area contributed by atoms with Gasteiger partial charge in [-0.3, -0.25) is 4.79 Å². The summed E-state index contributed by atoms with van der Waals surface area (Å²) in [5, 5.41) is 18.0. The molecular weight excluding hydrogens is 288 g/mol. The summed E-state index contributed by atoms with van der Waals surface area (Å²) in [5.74, 6) is -0.815. The molecule has 0 aliphatic heterocycles. The molecular formula is C19H20N2O2. The van der Waals surface area contributed by atoms with E-state index in [2.05, 4.69) is 24.3 Å². The normalized spacial score (nSPS) is 10.1. The number of carbonyl (C=O) groups is 1. The molecule has 0 aromatic heterocycles. The molecule has 4 nitrogen and oxygen atoms in total. The van der Waals surface area contributed by atoms with Crippen molar-refractivity contribution in [3.05, 3.63) is 64.7 Å². The van der Waals surface area contributed by atoms with Gasteiger partial charge in [-0.1, -0.05) is 18.2 Å². The van der Waals surface area contributed by atoms with Crippen LogP contribution in [-0.2, 0) is 11.3 Å². The van der Waals surface area contributed by atoms with E-state index < -0.39 is 5.97 Å². The summed E-state index contributed by atoms with van der Waals surface area (Å²) in [6.45, 7) is 5.06. The predicted molar refractivity (Wildman–Crippen MR) is 90.4 cm³/mol. The molecule has 2 rings (SSSR count). The van der Waals surface area contributed by atoms with Crippen LogP contribution in [0, 0.1) is 25.2 Å². The fraction of sp³-hybridized carbons (Fsp3) is 0.263. The van der Waals surface area contributed by atoms with Crippen molar-refractivity contribution in [2.75, 3.05) is 11.4 Å². The van der Waals surface area contributed by atoms with Gasteiger partial charge in [-0.25, -0.2) is 0 Å². The van der Waals surface area contributed by atoms with Crippen LogP contribution in [0.1, 0.15) is 28.7 Å². The smallest absolute Gasteiger partial charge is 0.305 e. The summed E-state index contributed by atoms with van der Waals surface area (Å²) >= 11 is 0. The van der Waals surface area contributed by atoms with Gasteiger partial charge in [-0.15, -0.1) is 0 Å². The molecule has 0 amide bonds. The van der Waals surface area contributed by atoms with Gasteiger partial charge in [-0.2, -0.15) is 5.26 Å². The Morgan fingerprint density at radius 1 is 1.17 bits per heavy atom. The minimum Gasteiger partial charge on any atom is -0.481 e. The maximum Gasteiger partial charge on any atom is 0.305 e. The molecule has 4 heteroatoms. The number of carboxylic acid groups (broad SMARTS) is 1. The first-order chi connectivity index (χ1) is 11.0. The first kappa shape index (κ1) is 16.6. The van der Waals surface area contributed by atoms with Gasteiger partial charge < -0.3 is 10.0 Å². The zero-order valence-corrected chi connectivity index (χ0v) is 13.4. The van der Waals surface area contributed by atoms with Crippen molar-refractivity contribution >= 4 is 11.7 Å². The highest BCUT2D eigenvalue weighted by molar-refractivity contribution is 5.67. The lowest BCUT2D eigenvalue weighted by Gasteiger charge is -2.25. The van der Waals surface area contributed by atoms with Crippen molar-refractivity contribution in [1.82, 2.24) is 0 Å². The third-order valence-corrected chi connectivity index (χ3v) is 3.60. The van der Waals surface area contributed by atoms with Crippen LogP contribution in [0.5, 0.6) is 0 Å². The number of hydrogen-bond acceptors (Lipinski definition) is 3. The second kappa shape index (κ2) is 7.46. The van der Waals surface area contributed by atoms with Gasteiger partial charge in [0, 0.05) is 18.8 Å². The van der Waals surface area contributed by atoms with Crippen LogP contribution in [-0.4, -0.2) is 17.6 Å². The molecule has 0 unspecified atom stereocenters. The Balaban J connectivity index is 2.29. The van der Waals surface area contributed by atoms with Crippen molar-refractivity contribution < 1.29 is 9.90 Å². The number of aryl methyl sites for hydroxylation is 2. The number of hydrogen-bond donors (Lipinski definition) is 1. The van der Waals surface area contributed by atoms with Gasteiger partial charge in [0.15, 0.2) is 0 Å². The lowest BCUT2D eigenvalue weighted by atomic mass is 10.1. The molecule has 0 aliphatic rings. The van der Waals surface area contributed by atoms with E-state index in [1.165, 1.54) is 0 Å². The highest BCUT2D eigenvalue weighted by Crippen LogP contribution is 2.21. The molecule has 0 saturated heterocycles. The lowest BCUT2D eigenvalue weighted by Crippen LogP contribution is -2.26. The van der Waals surface area contributed by atoms with Crippen LogP contribution in [0.25, 0.3) is 0 Å². The predicted octanol–water partition coefficient (Wildman–Crippen LogP) is 3.66. The van der Waals surface area contributed by atoms with E-state index in [1.807, 2.05) is 36.9 Å². The summed E-state index contributed by atoms with van der Waals surface area (Å²) in [5.41, 5.74) is 4.90. The fourth-order valence-electron chi connectivity index (χ4n) is 2.62. The quantitative estimate of drug-likeness (QED) is 0.884. The number of anilines is 1. The van der Waals surface area contributed by atoms with E-state index in [-0.39, 0.29) is 6.42 Å². The monoisotopic (exact) mass is 308 g/mol. The van der Waals surface area contributed by atoms with Crippen LogP contribution >= 0.6 is 0 Å². The van der Waals surface area contributed by atoms with Crippen LogP contribution in [0.2, 0.25) is 0 Å². The fourth-order valence-corrected chi connectivity index (χ4v) is 2.62. The van der Waals surface area contributed by atoms with Crippen molar-refractivity contribution in [3.63, 3.8) is 0 Å². The van der Waals surface area contributed by atoms with E-state index in [0.717, 1.165) is 22.4 Å². The van der Waals surface area contributed by atoms with Crippen molar-refractivity contribution in [2.24, 2.45) is 0 Å². The maximum absolute atomic E-state index is 11.0. The molecule has 0 saturated carbocycles. The number of aliphatic carboxylic acids is 1. The first-order valence-corrected chi connectivity index (χ1v) is 7.52. The minimum absolute atomic E-state index is 0.0743. The second-order valence-electron chi connectivity index (χ2n) is 5.72. The summed E-state index contributed by atoms with van der Waals surface area (Å²) in [4.78, 5) is 13.0. The highest BCUT2D eigenvalue weighted by Gasteiger charge is 2.11. The zero-order chi connectivity index (χ0) is 16.8. The Hall–Kier alpha value is -2.80. The van der Waals surface area contributed by atoms with Crippen molar-refractivity contribution in [3.8, 4) is 6.07 Å². The van der Waals surface area contributed by atoms with Crippen LogP contribution in [0.15, 0.2) is 42.5 Å². The molecule has 0 atom stereocenters. The molecule has 2 aromatic carbocycles. The number of carboxylic acids is 1. The highest BCUT2D eigenvalue weighted by atomic mass is 16.4. The number of nitriles is 1. The summed E-state index contributed by atoms with van der Waals surface area (Å²) < 4.78 is 0. The Labute approximate surface area is 136 Å².